The lowest BCUT2D eigenvalue weighted by molar-refractivity contribution is -0.123. The molecule has 1 heterocycles. The van der Waals surface area contributed by atoms with E-state index >= 15 is 0 Å². The highest BCUT2D eigenvalue weighted by molar-refractivity contribution is 6.32. The minimum Gasteiger partial charge on any atom is -0.452 e. The molecule has 2 aromatic carbocycles. The zero-order chi connectivity index (χ0) is 24.9. The lowest BCUT2D eigenvalue weighted by Gasteiger charge is -2.28. The van der Waals surface area contributed by atoms with E-state index in [4.69, 9.17) is 27.9 Å². The number of rotatable bonds is 6. The first-order valence-electron chi connectivity index (χ1n) is 11.6. The molecule has 2 bridgehead atoms. The minimum atomic E-state index is -0.732. The first-order chi connectivity index (χ1) is 16.8. The average molecular weight is 515 g/mol. The quantitative estimate of drug-likeness (QED) is 0.357. The van der Waals surface area contributed by atoms with Gasteiger partial charge in [-0.2, -0.15) is 0 Å². The molecule has 0 radical (unpaired) electrons. The lowest BCUT2D eigenvalue weighted by atomic mass is 9.80. The highest BCUT2D eigenvalue weighted by Gasteiger charge is 2.66. The number of fused-ring (bicyclic) bond motifs is 5. The predicted molar refractivity (Wildman–Crippen MR) is 132 cm³/mol. The van der Waals surface area contributed by atoms with Gasteiger partial charge in [-0.1, -0.05) is 25.1 Å². The zero-order valence-corrected chi connectivity index (χ0v) is 20.5. The molecule has 0 unspecified atom stereocenters. The van der Waals surface area contributed by atoms with E-state index in [9.17, 15) is 19.2 Å². The van der Waals surface area contributed by atoms with Crippen LogP contribution >= 0.6 is 23.2 Å². The largest absolute Gasteiger partial charge is 0.452 e. The number of nitrogens with zero attached hydrogens (tertiary/aromatic N) is 1. The number of aryl methyl sites for hydroxylation is 1. The van der Waals surface area contributed by atoms with Gasteiger partial charge in [-0.3, -0.25) is 19.3 Å². The SMILES string of the molecule is CCc1ccc(NC(=O)COC(=O)c2cccc(N3C(=O)[C@@H]4[C@H]5C[C@@H]([C@@H](Cl)[C@H]5Cl)[C@H]4C3=O)c2)cc1. The first kappa shape index (κ1) is 23.8. The van der Waals surface area contributed by atoms with E-state index in [1.807, 2.05) is 19.1 Å². The number of imide groups is 1. The third-order valence-electron chi connectivity index (χ3n) is 7.31. The van der Waals surface area contributed by atoms with E-state index in [2.05, 4.69) is 5.32 Å². The van der Waals surface area contributed by atoms with Crippen LogP contribution in [0.4, 0.5) is 11.4 Å². The number of amides is 3. The van der Waals surface area contributed by atoms with Crippen LogP contribution in [0.25, 0.3) is 0 Å². The number of ether oxygens (including phenoxy) is 1. The van der Waals surface area contributed by atoms with Crippen LogP contribution in [0.5, 0.6) is 0 Å². The van der Waals surface area contributed by atoms with Gasteiger partial charge in [0.1, 0.15) is 0 Å². The highest BCUT2D eigenvalue weighted by Crippen LogP contribution is 2.59. The Morgan fingerprint density at radius 2 is 1.63 bits per heavy atom. The van der Waals surface area contributed by atoms with Crippen molar-refractivity contribution in [3.05, 3.63) is 59.7 Å². The molecule has 182 valence electrons. The Bertz CT molecular complexity index is 1170. The standard InChI is InChI=1S/C26H24Cl2N2O5/c1-2-13-6-8-15(9-7-13)29-19(31)12-35-26(34)14-4-3-5-16(10-14)30-24(32)20-17-11-18(21(20)25(30)33)23(28)22(17)27/h3-10,17-18,20-23H,2,11-12H2,1H3,(H,29,31)/t17-,18-,20-,21-,22-,23+/m1/s1. The molecule has 6 atom stereocenters. The van der Waals surface area contributed by atoms with Crippen molar-refractivity contribution in [1.82, 2.24) is 0 Å². The first-order valence-corrected chi connectivity index (χ1v) is 12.5. The van der Waals surface area contributed by atoms with Gasteiger partial charge in [-0.15, -0.1) is 23.2 Å². The van der Waals surface area contributed by atoms with Crippen LogP contribution in [0.2, 0.25) is 0 Å². The fraction of sp³-hybridized carbons (Fsp3) is 0.385. The molecule has 9 heteroatoms. The van der Waals surface area contributed by atoms with Crippen molar-refractivity contribution in [2.24, 2.45) is 23.7 Å². The molecule has 35 heavy (non-hydrogen) atoms. The number of carbonyl (C=O) groups excluding carboxylic acids is 4. The van der Waals surface area contributed by atoms with Crippen molar-refractivity contribution in [1.29, 1.82) is 0 Å². The maximum atomic E-state index is 13.2. The maximum Gasteiger partial charge on any atom is 0.338 e. The minimum absolute atomic E-state index is 0.125. The van der Waals surface area contributed by atoms with E-state index in [1.165, 1.54) is 12.1 Å². The van der Waals surface area contributed by atoms with Crippen molar-refractivity contribution in [2.75, 3.05) is 16.8 Å². The van der Waals surface area contributed by atoms with Crippen LogP contribution in [-0.2, 0) is 25.5 Å². The van der Waals surface area contributed by atoms with Crippen LogP contribution in [0.15, 0.2) is 48.5 Å². The Kier molecular flexibility index (Phi) is 6.32. The van der Waals surface area contributed by atoms with Crippen molar-refractivity contribution in [3.8, 4) is 0 Å². The molecule has 3 aliphatic rings. The summed E-state index contributed by atoms with van der Waals surface area (Å²) in [5.74, 6) is -3.02. The van der Waals surface area contributed by atoms with Crippen LogP contribution < -0.4 is 10.2 Å². The Labute approximate surface area is 212 Å². The normalized spacial score (nSPS) is 28.8. The van der Waals surface area contributed by atoms with Gasteiger partial charge < -0.3 is 10.1 Å². The van der Waals surface area contributed by atoms with Gasteiger partial charge in [0.05, 0.1) is 33.8 Å². The summed E-state index contributed by atoms with van der Waals surface area (Å²) in [4.78, 5) is 52.3. The number of esters is 1. The molecular formula is C26H24Cl2N2O5. The number of carbonyl (C=O) groups is 4. The third-order valence-corrected chi connectivity index (χ3v) is 8.63. The van der Waals surface area contributed by atoms with E-state index in [0.717, 1.165) is 16.9 Å². The molecule has 2 aromatic rings. The fourth-order valence-electron chi connectivity index (χ4n) is 5.61. The summed E-state index contributed by atoms with van der Waals surface area (Å²) in [6, 6.07) is 13.5. The maximum absolute atomic E-state index is 13.2. The molecule has 5 rings (SSSR count). The summed E-state index contributed by atoms with van der Waals surface area (Å²) in [6.45, 7) is 1.57. The molecule has 1 saturated heterocycles. The number of halogens is 2. The zero-order valence-electron chi connectivity index (χ0n) is 18.9. The molecule has 3 amide bonds. The van der Waals surface area contributed by atoms with E-state index < -0.39 is 30.3 Å². The molecule has 0 aromatic heterocycles. The van der Waals surface area contributed by atoms with E-state index in [1.54, 1.807) is 24.3 Å². The van der Waals surface area contributed by atoms with Crippen LogP contribution in [-0.4, -0.2) is 41.1 Å². The number of hydrogen-bond donors (Lipinski definition) is 1. The van der Waals surface area contributed by atoms with Gasteiger partial charge in [0, 0.05) is 5.69 Å². The van der Waals surface area contributed by atoms with Gasteiger partial charge in [-0.05, 0) is 60.6 Å². The number of hydrogen-bond acceptors (Lipinski definition) is 5. The monoisotopic (exact) mass is 514 g/mol. The molecule has 0 spiro atoms. The molecule has 2 saturated carbocycles. The van der Waals surface area contributed by atoms with E-state index in [0.29, 0.717) is 17.8 Å². The van der Waals surface area contributed by atoms with E-state index in [-0.39, 0.29) is 40.0 Å². The van der Waals surface area contributed by atoms with Crippen molar-refractivity contribution >= 4 is 58.3 Å². The van der Waals surface area contributed by atoms with Crippen molar-refractivity contribution in [2.45, 2.75) is 30.5 Å². The van der Waals surface area contributed by atoms with Gasteiger partial charge in [0.25, 0.3) is 5.91 Å². The van der Waals surface area contributed by atoms with Crippen LogP contribution in [0, 0.1) is 23.7 Å². The average Bonchev–Trinajstić information content (AvgIpc) is 3.47. The van der Waals surface area contributed by atoms with Crippen molar-refractivity contribution in [3.63, 3.8) is 0 Å². The molecule has 3 fully saturated rings. The highest BCUT2D eigenvalue weighted by atomic mass is 35.5. The lowest BCUT2D eigenvalue weighted by Crippen LogP contribution is -2.37. The summed E-state index contributed by atoms with van der Waals surface area (Å²) in [7, 11) is 0. The summed E-state index contributed by atoms with van der Waals surface area (Å²) < 4.78 is 5.15. The van der Waals surface area contributed by atoms with Gasteiger partial charge in [-0.25, -0.2) is 4.79 Å². The Hall–Kier alpha value is -2.90. The fourth-order valence-corrected chi connectivity index (χ4v) is 6.50. The molecule has 1 aliphatic heterocycles. The second kappa shape index (κ2) is 9.28. The summed E-state index contributed by atoms with van der Waals surface area (Å²) in [5.41, 5.74) is 2.18. The second-order valence-electron chi connectivity index (χ2n) is 9.24. The smallest absolute Gasteiger partial charge is 0.338 e. The number of anilines is 2. The topological polar surface area (TPSA) is 92.8 Å². The van der Waals surface area contributed by atoms with Gasteiger partial charge in [0.15, 0.2) is 6.61 Å². The summed E-state index contributed by atoms with van der Waals surface area (Å²) in [5, 5.41) is 2.00. The molecule has 7 nitrogen and oxygen atoms in total. The number of nitrogens with one attached hydrogen (secondary N) is 1. The summed E-state index contributed by atoms with van der Waals surface area (Å²) in [6.07, 6.45) is 1.57. The van der Waals surface area contributed by atoms with Crippen LogP contribution in [0.3, 0.4) is 0 Å². The molecule has 1 N–H and O–H groups in total. The number of benzene rings is 2. The Balaban J connectivity index is 1.24. The number of alkyl halides is 2. The molecular weight excluding hydrogens is 491 g/mol. The third kappa shape index (κ3) is 4.10. The van der Waals surface area contributed by atoms with Crippen LogP contribution in [0.1, 0.15) is 29.3 Å². The van der Waals surface area contributed by atoms with Gasteiger partial charge >= 0.3 is 5.97 Å². The van der Waals surface area contributed by atoms with Crippen molar-refractivity contribution < 1.29 is 23.9 Å². The summed E-state index contributed by atoms with van der Waals surface area (Å²) >= 11 is 12.8. The van der Waals surface area contributed by atoms with Gasteiger partial charge in [0.2, 0.25) is 11.8 Å². The predicted octanol–water partition coefficient (Wildman–Crippen LogP) is 4.01. The Morgan fingerprint density at radius 3 is 2.23 bits per heavy atom. The second-order valence-corrected chi connectivity index (χ2v) is 10.2. The Morgan fingerprint density at radius 1 is 1.00 bits per heavy atom. The molecule has 2 aliphatic carbocycles.